The lowest BCUT2D eigenvalue weighted by Gasteiger charge is -2.29. The fraction of sp³-hybridized carbons (Fsp3) is 0.235. The minimum atomic E-state index is -1.25. The summed E-state index contributed by atoms with van der Waals surface area (Å²) in [5.41, 5.74) is -0.206. The Morgan fingerprint density at radius 3 is 2.45 bits per heavy atom. The number of alkyl carbamates (subject to hydrolysis) is 1. The monoisotopic (exact) mass is 303 g/mol. The van der Waals surface area contributed by atoms with Crippen LogP contribution < -0.4 is 5.32 Å². The Morgan fingerprint density at radius 1 is 1.18 bits per heavy atom. The molecule has 0 radical (unpaired) electrons. The lowest BCUT2D eigenvalue weighted by molar-refractivity contribution is 0.110. The second-order valence-corrected chi connectivity index (χ2v) is 5.16. The summed E-state index contributed by atoms with van der Waals surface area (Å²) in [6, 6.07) is 15.2. The first-order valence-electron chi connectivity index (χ1n) is 6.90. The van der Waals surface area contributed by atoms with E-state index in [1.807, 2.05) is 30.3 Å². The molecule has 0 bridgehead atoms. The summed E-state index contributed by atoms with van der Waals surface area (Å²) in [6.07, 6.45) is -0.719. The van der Waals surface area contributed by atoms with Gasteiger partial charge in [0.1, 0.15) is 12.4 Å². The topological polar surface area (TPSA) is 58.6 Å². The molecular weight excluding hydrogens is 285 g/mol. The molecule has 0 aromatic heterocycles. The number of halogens is 1. The van der Waals surface area contributed by atoms with Crippen LogP contribution in [-0.2, 0) is 16.9 Å². The smallest absolute Gasteiger partial charge is 0.408 e. The van der Waals surface area contributed by atoms with Crippen LogP contribution in [-0.4, -0.2) is 17.8 Å². The molecule has 116 valence electrons. The van der Waals surface area contributed by atoms with Gasteiger partial charge in [0, 0.05) is 5.56 Å². The lowest BCUT2D eigenvalue weighted by atomic mass is 9.92. The van der Waals surface area contributed by atoms with E-state index in [1.165, 1.54) is 19.1 Å². The molecule has 2 rings (SSSR count). The number of benzene rings is 2. The Labute approximate surface area is 128 Å². The Kier molecular flexibility index (Phi) is 5.12. The van der Waals surface area contributed by atoms with E-state index in [4.69, 9.17) is 4.74 Å². The number of carbonyl (C=O) groups is 1. The van der Waals surface area contributed by atoms with Gasteiger partial charge in [-0.1, -0.05) is 48.5 Å². The first-order chi connectivity index (χ1) is 10.5. The largest absolute Gasteiger partial charge is 0.445 e. The van der Waals surface area contributed by atoms with Crippen molar-refractivity contribution in [2.75, 3.05) is 6.61 Å². The normalized spacial score (nSPS) is 13.2. The second kappa shape index (κ2) is 7.04. The van der Waals surface area contributed by atoms with Crippen LogP contribution in [0, 0.1) is 5.82 Å². The SMILES string of the molecule is C[C@@](CO)(NC(=O)OCc1ccccc1)c1ccccc1F. The van der Waals surface area contributed by atoms with Gasteiger partial charge in [-0.3, -0.25) is 0 Å². The van der Waals surface area contributed by atoms with Crippen molar-refractivity contribution in [1.82, 2.24) is 5.32 Å². The van der Waals surface area contributed by atoms with Crippen LogP contribution in [0.1, 0.15) is 18.1 Å². The molecule has 1 amide bonds. The average Bonchev–Trinajstić information content (AvgIpc) is 2.54. The van der Waals surface area contributed by atoms with Crippen molar-refractivity contribution < 1.29 is 19.0 Å². The van der Waals surface area contributed by atoms with Crippen LogP contribution in [0.3, 0.4) is 0 Å². The minimum Gasteiger partial charge on any atom is -0.445 e. The van der Waals surface area contributed by atoms with Gasteiger partial charge in [0.25, 0.3) is 0 Å². The molecule has 2 aromatic rings. The van der Waals surface area contributed by atoms with E-state index < -0.39 is 24.1 Å². The highest BCUT2D eigenvalue weighted by molar-refractivity contribution is 5.68. The number of nitrogens with one attached hydrogen (secondary N) is 1. The summed E-state index contributed by atoms with van der Waals surface area (Å²) in [4.78, 5) is 11.9. The molecule has 0 saturated carbocycles. The van der Waals surface area contributed by atoms with Gasteiger partial charge in [-0.05, 0) is 18.6 Å². The van der Waals surface area contributed by atoms with E-state index in [0.717, 1.165) is 5.56 Å². The molecule has 0 heterocycles. The minimum absolute atomic E-state index is 0.103. The van der Waals surface area contributed by atoms with Crippen molar-refractivity contribution in [3.05, 3.63) is 71.5 Å². The number of amides is 1. The predicted octanol–water partition coefficient (Wildman–Crippen LogP) is 2.96. The van der Waals surface area contributed by atoms with E-state index in [-0.39, 0.29) is 12.2 Å². The summed E-state index contributed by atoms with van der Waals surface area (Å²) in [7, 11) is 0. The fourth-order valence-electron chi connectivity index (χ4n) is 2.09. The molecule has 1 atom stereocenters. The maximum atomic E-state index is 13.9. The van der Waals surface area contributed by atoms with E-state index in [0.29, 0.717) is 0 Å². The third-order valence-corrected chi connectivity index (χ3v) is 3.38. The Bertz CT molecular complexity index is 633. The van der Waals surface area contributed by atoms with Crippen LogP contribution in [0.5, 0.6) is 0 Å². The zero-order valence-electron chi connectivity index (χ0n) is 12.3. The third-order valence-electron chi connectivity index (χ3n) is 3.38. The number of hydrogen-bond donors (Lipinski definition) is 2. The number of ether oxygens (including phenoxy) is 1. The highest BCUT2D eigenvalue weighted by Gasteiger charge is 2.31. The van der Waals surface area contributed by atoms with Crippen molar-refractivity contribution in [3.63, 3.8) is 0 Å². The number of aliphatic hydroxyl groups excluding tert-OH is 1. The Hall–Kier alpha value is -2.40. The van der Waals surface area contributed by atoms with E-state index in [9.17, 15) is 14.3 Å². The zero-order chi connectivity index (χ0) is 16.0. The third kappa shape index (κ3) is 3.83. The molecule has 0 aliphatic carbocycles. The van der Waals surface area contributed by atoms with Crippen LogP contribution in [0.2, 0.25) is 0 Å². The molecule has 5 heteroatoms. The molecular formula is C17H18FNO3. The summed E-state index contributed by atoms with van der Waals surface area (Å²) >= 11 is 0. The van der Waals surface area contributed by atoms with Crippen molar-refractivity contribution >= 4 is 6.09 Å². The lowest BCUT2D eigenvalue weighted by Crippen LogP contribution is -2.47. The molecule has 0 unspecified atom stereocenters. The average molecular weight is 303 g/mol. The van der Waals surface area contributed by atoms with Crippen LogP contribution in [0.15, 0.2) is 54.6 Å². The van der Waals surface area contributed by atoms with Crippen molar-refractivity contribution in [2.45, 2.75) is 19.1 Å². The van der Waals surface area contributed by atoms with Gasteiger partial charge in [0.05, 0.1) is 12.1 Å². The highest BCUT2D eigenvalue weighted by Crippen LogP contribution is 2.23. The van der Waals surface area contributed by atoms with Gasteiger partial charge in [-0.25, -0.2) is 9.18 Å². The quantitative estimate of drug-likeness (QED) is 0.893. The predicted molar refractivity (Wildman–Crippen MR) is 80.6 cm³/mol. The van der Waals surface area contributed by atoms with Gasteiger partial charge in [0.15, 0.2) is 0 Å². The maximum Gasteiger partial charge on any atom is 0.408 e. The number of carbonyl (C=O) groups excluding carboxylic acids is 1. The highest BCUT2D eigenvalue weighted by atomic mass is 19.1. The second-order valence-electron chi connectivity index (χ2n) is 5.16. The summed E-state index contributed by atoms with van der Waals surface area (Å²) in [5, 5.41) is 12.1. The summed E-state index contributed by atoms with van der Waals surface area (Å²) in [6.45, 7) is 1.19. The number of hydrogen-bond acceptors (Lipinski definition) is 3. The molecule has 0 fully saturated rings. The van der Waals surface area contributed by atoms with Crippen molar-refractivity contribution in [2.24, 2.45) is 0 Å². The summed E-state index contributed by atoms with van der Waals surface area (Å²) < 4.78 is 19.0. The first-order valence-corrected chi connectivity index (χ1v) is 6.90. The molecule has 0 aliphatic heterocycles. The Morgan fingerprint density at radius 2 is 1.82 bits per heavy atom. The molecule has 22 heavy (non-hydrogen) atoms. The van der Waals surface area contributed by atoms with Crippen LogP contribution >= 0.6 is 0 Å². The van der Waals surface area contributed by atoms with Crippen molar-refractivity contribution in [3.8, 4) is 0 Å². The van der Waals surface area contributed by atoms with E-state index >= 15 is 0 Å². The van der Waals surface area contributed by atoms with Gasteiger partial charge in [-0.2, -0.15) is 0 Å². The molecule has 2 aromatic carbocycles. The van der Waals surface area contributed by atoms with Crippen molar-refractivity contribution in [1.29, 1.82) is 0 Å². The van der Waals surface area contributed by atoms with Gasteiger partial charge in [-0.15, -0.1) is 0 Å². The first kappa shape index (κ1) is 16.0. The van der Waals surface area contributed by atoms with Gasteiger partial charge in [0.2, 0.25) is 0 Å². The van der Waals surface area contributed by atoms with E-state index in [1.54, 1.807) is 12.1 Å². The maximum absolute atomic E-state index is 13.9. The summed E-state index contributed by atoms with van der Waals surface area (Å²) in [5.74, 6) is -0.498. The fourth-order valence-corrected chi connectivity index (χ4v) is 2.09. The molecule has 0 saturated heterocycles. The number of aliphatic hydroxyl groups is 1. The Balaban J connectivity index is 2.03. The molecule has 2 N–H and O–H groups in total. The zero-order valence-corrected chi connectivity index (χ0v) is 12.3. The molecule has 0 aliphatic rings. The molecule has 4 nitrogen and oxygen atoms in total. The van der Waals surface area contributed by atoms with E-state index in [2.05, 4.69) is 5.32 Å². The van der Waals surface area contributed by atoms with Crippen LogP contribution in [0.25, 0.3) is 0 Å². The standard InChI is InChI=1S/C17H18FNO3/c1-17(12-20,14-9-5-6-10-15(14)18)19-16(21)22-11-13-7-3-2-4-8-13/h2-10,20H,11-12H2,1H3,(H,19,21)/t17-/m0/s1. The van der Waals surface area contributed by atoms with Gasteiger partial charge >= 0.3 is 6.09 Å². The van der Waals surface area contributed by atoms with Crippen LogP contribution in [0.4, 0.5) is 9.18 Å². The van der Waals surface area contributed by atoms with Gasteiger partial charge < -0.3 is 15.2 Å². The molecule has 0 spiro atoms. The number of rotatable bonds is 5.